The van der Waals surface area contributed by atoms with Crippen LogP contribution in [0.4, 0.5) is 22.0 Å². The molecule has 1 amide bonds. The van der Waals surface area contributed by atoms with Gasteiger partial charge in [0.25, 0.3) is 5.91 Å². The third-order valence-corrected chi connectivity index (χ3v) is 4.34. The van der Waals surface area contributed by atoms with Crippen molar-refractivity contribution >= 4 is 5.91 Å². The Bertz CT molecular complexity index is 639. The predicted octanol–water partition coefficient (Wildman–Crippen LogP) is 2.71. The second kappa shape index (κ2) is 7.73. The van der Waals surface area contributed by atoms with Gasteiger partial charge in [-0.3, -0.25) is 4.79 Å². The lowest BCUT2D eigenvalue weighted by molar-refractivity contribution is -0.152. The second-order valence-electron chi connectivity index (χ2n) is 6.37. The monoisotopic (exact) mass is 381 g/mol. The molecule has 10 heteroatoms. The van der Waals surface area contributed by atoms with Gasteiger partial charge in [-0.2, -0.15) is 22.0 Å². The summed E-state index contributed by atoms with van der Waals surface area (Å²) in [4.78, 5) is 17.2. The van der Waals surface area contributed by atoms with Crippen LogP contribution in [0.2, 0.25) is 0 Å². The summed E-state index contributed by atoms with van der Waals surface area (Å²) in [7, 11) is 1.90. The van der Waals surface area contributed by atoms with Crippen molar-refractivity contribution in [2.24, 2.45) is 0 Å². The quantitative estimate of drug-likeness (QED) is 0.797. The maximum atomic E-state index is 14.0. The average molecular weight is 381 g/mol. The molecule has 1 aromatic rings. The summed E-state index contributed by atoms with van der Waals surface area (Å²) < 4.78 is 71.0. The van der Waals surface area contributed by atoms with Crippen molar-refractivity contribution in [3.8, 4) is 5.88 Å². The molecule has 0 unspecified atom stereocenters. The van der Waals surface area contributed by atoms with Crippen LogP contribution in [0.3, 0.4) is 0 Å². The highest BCUT2D eigenvalue weighted by Gasteiger charge is 2.43. The van der Waals surface area contributed by atoms with E-state index >= 15 is 0 Å². The Balaban J connectivity index is 1.97. The molecule has 1 N–H and O–H groups in total. The van der Waals surface area contributed by atoms with Crippen LogP contribution in [0.15, 0.2) is 18.3 Å². The molecule has 5 nitrogen and oxygen atoms in total. The van der Waals surface area contributed by atoms with Crippen LogP contribution < -0.4 is 10.1 Å². The number of rotatable bonds is 5. The Hall–Kier alpha value is -1.97. The van der Waals surface area contributed by atoms with Gasteiger partial charge in [0, 0.05) is 24.8 Å². The van der Waals surface area contributed by atoms with Crippen LogP contribution in [0.5, 0.6) is 5.88 Å². The highest BCUT2D eigenvalue weighted by Crippen LogP contribution is 2.35. The van der Waals surface area contributed by atoms with E-state index in [2.05, 4.69) is 15.0 Å². The second-order valence-corrected chi connectivity index (χ2v) is 6.37. The number of likely N-dealkylation sites (tertiary alicyclic amines) is 1. The average Bonchev–Trinajstić information content (AvgIpc) is 2.56. The van der Waals surface area contributed by atoms with Gasteiger partial charge >= 0.3 is 12.1 Å². The Morgan fingerprint density at radius 3 is 2.69 bits per heavy atom. The molecule has 0 aliphatic carbocycles. The van der Waals surface area contributed by atoms with Crippen LogP contribution in [-0.4, -0.2) is 54.0 Å². The Morgan fingerprint density at radius 1 is 1.38 bits per heavy atom. The topological polar surface area (TPSA) is 54.5 Å². The molecule has 1 aliphatic rings. The molecular weight excluding hydrogens is 361 g/mol. The zero-order valence-electron chi connectivity index (χ0n) is 14.3. The Labute approximate surface area is 147 Å². The molecule has 0 saturated carbocycles. The summed E-state index contributed by atoms with van der Waals surface area (Å²) in [5, 5.41) is 2.25. The maximum Gasteiger partial charge on any atom is 0.421 e. The number of carbonyl (C=O) groups is 1. The first-order chi connectivity index (χ1) is 12.0. The largest absolute Gasteiger partial charge is 0.470 e. The minimum absolute atomic E-state index is 0.127. The van der Waals surface area contributed by atoms with Gasteiger partial charge in [0.1, 0.15) is 5.56 Å². The summed E-state index contributed by atoms with van der Waals surface area (Å²) in [5.41, 5.74) is -1.28. The minimum Gasteiger partial charge on any atom is -0.470 e. The fraction of sp³-hybridized carbons (Fsp3) is 0.625. The molecule has 2 atom stereocenters. The zero-order chi connectivity index (χ0) is 19.5. The first-order valence-corrected chi connectivity index (χ1v) is 8.04. The molecule has 26 heavy (non-hydrogen) atoms. The summed E-state index contributed by atoms with van der Waals surface area (Å²) >= 11 is 0. The molecule has 1 fully saturated rings. The normalized spacial score (nSPS) is 22.1. The number of pyridine rings is 1. The lowest BCUT2D eigenvalue weighted by Crippen LogP contribution is -2.52. The molecule has 1 aliphatic heterocycles. The number of nitrogens with zero attached hydrogens (tertiary/aromatic N) is 2. The number of hydrogen-bond donors (Lipinski definition) is 1. The van der Waals surface area contributed by atoms with Crippen LogP contribution in [0.25, 0.3) is 0 Å². The van der Waals surface area contributed by atoms with E-state index < -0.39 is 42.1 Å². The van der Waals surface area contributed by atoms with Gasteiger partial charge in [0.05, 0.1) is 0 Å². The van der Waals surface area contributed by atoms with Gasteiger partial charge in [-0.15, -0.1) is 0 Å². The Morgan fingerprint density at radius 2 is 2.08 bits per heavy atom. The van der Waals surface area contributed by atoms with Crippen molar-refractivity contribution in [3.63, 3.8) is 0 Å². The van der Waals surface area contributed by atoms with E-state index in [4.69, 9.17) is 0 Å². The first kappa shape index (κ1) is 20.3. The van der Waals surface area contributed by atoms with Crippen molar-refractivity contribution in [2.75, 3.05) is 20.2 Å². The van der Waals surface area contributed by atoms with Crippen LogP contribution >= 0.6 is 0 Å². The number of amides is 1. The van der Waals surface area contributed by atoms with Crippen molar-refractivity contribution in [3.05, 3.63) is 23.9 Å². The van der Waals surface area contributed by atoms with Gasteiger partial charge in [-0.05, 0) is 38.9 Å². The van der Waals surface area contributed by atoms with E-state index in [1.165, 1.54) is 0 Å². The number of nitrogens with one attached hydrogen (secondary N) is 1. The highest BCUT2D eigenvalue weighted by molar-refractivity contribution is 5.83. The molecule has 1 saturated heterocycles. The van der Waals surface area contributed by atoms with E-state index in [1.54, 1.807) is 0 Å². The summed E-state index contributed by atoms with van der Waals surface area (Å²) in [6, 6.07) is 1.39. The first-order valence-electron chi connectivity index (χ1n) is 8.04. The molecular formula is C16H20F5N3O2. The summed E-state index contributed by atoms with van der Waals surface area (Å²) in [5.74, 6) is -6.53. The lowest BCUT2D eigenvalue weighted by Gasteiger charge is -2.35. The number of halogens is 5. The number of alkyl halides is 5. The van der Waals surface area contributed by atoms with E-state index in [9.17, 15) is 26.7 Å². The number of hydrogen-bond acceptors (Lipinski definition) is 4. The molecule has 0 spiro atoms. The van der Waals surface area contributed by atoms with Gasteiger partial charge in [-0.1, -0.05) is 0 Å². The molecule has 0 radical (unpaired) electrons. The van der Waals surface area contributed by atoms with Crippen molar-refractivity contribution in [1.29, 1.82) is 0 Å². The lowest BCUT2D eigenvalue weighted by atomic mass is 9.99. The molecule has 0 aromatic carbocycles. The van der Waals surface area contributed by atoms with Crippen molar-refractivity contribution in [2.45, 2.75) is 43.9 Å². The molecule has 2 rings (SSSR count). The van der Waals surface area contributed by atoms with Crippen molar-refractivity contribution in [1.82, 2.24) is 15.2 Å². The van der Waals surface area contributed by atoms with E-state index in [1.807, 2.05) is 18.9 Å². The van der Waals surface area contributed by atoms with E-state index in [0.29, 0.717) is 25.5 Å². The van der Waals surface area contributed by atoms with E-state index in [0.717, 1.165) is 12.3 Å². The number of ether oxygens (including phenoxy) is 1. The van der Waals surface area contributed by atoms with Gasteiger partial charge in [0.2, 0.25) is 5.88 Å². The van der Waals surface area contributed by atoms with Crippen LogP contribution in [-0.2, 0) is 11.0 Å². The SMILES string of the molecule is C[C@@H]1C[C@H](NC(=O)C(F)(F)COc2ncccc2C(F)(F)F)CCN1C. The molecule has 0 bridgehead atoms. The minimum atomic E-state index is -4.80. The van der Waals surface area contributed by atoms with Crippen LogP contribution in [0.1, 0.15) is 25.3 Å². The molecule has 2 heterocycles. The third-order valence-electron chi connectivity index (χ3n) is 4.34. The van der Waals surface area contributed by atoms with Gasteiger partial charge < -0.3 is 15.0 Å². The maximum absolute atomic E-state index is 14.0. The predicted molar refractivity (Wildman–Crippen MR) is 82.9 cm³/mol. The fourth-order valence-corrected chi connectivity index (χ4v) is 2.66. The van der Waals surface area contributed by atoms with Crippen molar-refractivity contribution < 1.29 is 31.5 Å². The smallest absolute Gasteiger partial charge is 0.421 e. The summed E-state index contributed by atoms with van der Waals surface area (Å²) in [6.07, 6.45) is -2.78. The summed E-state index contributed by atoms with van der Waals surface area (Å²) in [6.45, 7) is 1.04. The van der Waals surface area contributed by atoms with Crippen LogP contribution in [0, 0.1) is 0 Å². The number of piperidine rings is 1. The van der Waals surface area contributed by atoms with Gasteiger partial charge in [-0.25, -0.2) is 4.98 Å². The standard InChI is InChI=1S/C16H20F5N3O2/c1-10-8-11(5-7-24(10)2)23-14(25)15(17,18)9-26-13-12(16(19,20)21)4-3-6-22-13/h3-4,6,10-11H,5,7-9H2,1-2H3,(H,23,25)/t10-,11-/m1/s1. The number of carbonyl (C=O) groups excluding carboxylic acids is 1. The fourth-order valence-electron chi connectivity index (χ4n) is 2.66. The number of aromatic nitrogens is 1. The molecule has 146 valence electrons. The van der Waals surface area contributed by atoms with E-state index in [-0.39, 0.29) is 6.04 Å². The highest BCUT2D eigenvalue weighted by atomic mass is 19.4. The molecule has 1 aromatic heterocycles. The third kappa shape index (κ3) is 5.03. The zero-order valence-corrected chi connectivity index (χ0v) is 14.3. The Kier molecular flexibility index (Phi) is 6.05. The van der Waals surface area contributed by atoms with Gasteiger partial charge in [0.15, 0.2) is 6.61 Å².